The van der Waals surface area contributed by atoms with Crippen LogP contribution in [0, 0.1) is 0 Å². The molecule has 1 fully saturated rings. The molecule has 1 heterocycles. The summed E-state index contributed by atoms with van der Waals surface area (Å²) in [5.41, 5.74) is -0.152. The Kier molecular flexibility index (Phi) is 4.30. The zero-order valence-electron chi connectivity index (χ0n) is 12.9. The van der Waals surface area contributed by atoms with Crippen LogP contribution in [0.5, 0.6) is 11.5 Å². The van der Waals surface area contributed by atoms with Crippen molar-refractivity contribution in [2.24, 2.45) is 0 Å². The minimum atomic E-state index is -0.210. The fourth-order valence-electron chi connectivity index (χ4n) is 1.94. The van der Waals surface area contributed by atoms with E-state index in [9.17, 15) is 0 Å². The van der Waals surface area contributed by atoms with Gasteiger partial charge in [0.25, 0.3) is 0 Å². The molecule has 0 aliphatic carbocycles. The predicted molar refractivity (Wildman–Crippen MR) is 79.4 cm³/mol. The van der Waals surface area contributed by atoms with Crippen molar-refractivity contribution >= 4 is 7.12 Å². The molecular formula is C15H23BO4. The first kappa shape index (κ1) is 15.2. The summed E-state index contributed by atoms with van der Waals surface area (Å²) in [5.74, 6) is 1.60. The Morgan fingerprint density at radius 2 is 1.60 bits per heavy atom. The van der Waals surface area contributed by atoms with Crippen LogP contribution >= 0.6 is 0 Å². The highest BCUT2D eigenvalue weighted by atomic mass is 16.6. The highest BCUT2D eigenvalue weighted by Gasteiger charge is 2.62. The molecule has 1 aliphatic heterocycles. The molecule has 0 unspecified atom stereocenters. The van der Waals surface area contributed by atoms with Crippen LogP contribution in [0.3, 0.4) is 0 Å². The van der Waals surface area contributed by atoms with Crippen molar-refractivity contribution in [3.8, 4) is 11.5 Å². The molecule has 0 spiro atoms. The number of ether oxygens (including phenoxy) is 2. The van der Waals surface area contributed by atoms with Gasteiger partial charge in [0, 0.05) is 12.4 Å². The van der Waals surface area contributed by atoms with E-state index in [1.54, 1.807) is 7.11 Å². The maximum atomic E-state index is 5.88. The highest BCUT2D eigenvalue weighted by Crippen LogP contribution is 2.53. The number of benzene rings is 1. The Morgan fingerprint density at radius 1 is 1.00 bits per heavy atom. The average molecular weight is 278 g/mol. The Labute approximate surface area is 121 Å². The second kappa shape index (κ2) is 5.66. The summed E-state index contributed by atoms with van der Waals surface area (Å²) in [5, 5.41) is -0.0133. The Morgan fingerprint density at radius 3 is 2.10 bits per heavy atom. The lowest BCUT2D eigenvalue weighted by atomic mass is 9.45. The van der Waals surface area contributed by atoms with Gasteiger partial charge in [0.1, 0.15) is 18.1 Å². The van der Waals surface area contributed by atoms with Crippen LogP contribution in [0.2, 0.25) is 5.31 Å². The van der Waals surface area contributed by atoms with Crippen LogP contribution in [-0.2, 0) is 9.39 Å². The smallest absolute Gasteiger partial charge is 0.534 e. The third-order valence-electron chi connectivity index (χ3n) is 4.17. The van der Waals surface area contributed by atoms with Gasteiger partial charge in [-0.05, 0) is 38.1 Å². The molecule has 5 heteroatoms. The Balaban J connectivity index is 1.89. The molecule has 0 saturated carbocycles. The standard InChI is InChI=1S/C15H23BO4/c1-14(2)15(3,4)20-16(14)19-13-8-6-12(7-9-13)18-11-10-17-5/h6-9H,10-11H2,1-5H3. The lowest BCUT2D eigenvalue weighted by molar-refractivity contribution is -0.0412. The van der Waals surface area contributed by atoms with E-state index in [4.69, 9.17) is 18.8 Å². The monoisotopic (exact) mass is 278 g/mol. The summed E-state index contributed by atoms with van der Waals surface area (Å²) in [6.07, 6.45) is 0. The van der Waals surface area contributed by atoms with E-state index in [0.29, 0.717) is 13.2 Å². The molecule has 0 amide bonds. The first-order valence-corrected chi connectivity index (χ1v) is 6.93. The molecule has 0 atom stereocenters. The molecule has 0 N–H and O–H groups in total. The predicted octanol–water partition coefficient (Wildman–Crippen LogP) is 3.17. The van der Waals surface area contributed by atoms with Gasteiger partial charge in [-0.15, -0.1) is 0 Å². The molecule has 0 bridgehead atoms. The summed E-state index contributed by atoms with van der Waals surface area (Å²) < 4.78 is 22.1. The first-order chi connectivity index (χ1) is 9.37. The summed E-state index contributed by atoms with van der Waals surface area (Å²) in [4.78, 5) is 0. The highest BCUT2D eigenvalue weighted by molar-refractivity contribution is 6.53. The third-order valence-corrected chi connectivity index (χ3v) is 4.17. The van der Waals surface area contributed by atoms with Crippen molar-refractivity contribution in [1.29, 1.82) is 0 Å². The van der Waals surface area contributed by atoms with Gasteiger partial charge in [-0.1, -0.05) is 13.8 Å². The minimum Gasteiger partial charge on any atom is -0.536 e. The topological polar surface area (TPSA) is 36.9 Å². The molecular weight excluding hydrogens is 255 g/mol. The molecule has 110 valence electrons. The summed E-state index contributed by atoms with van der Waals surface area (Å²) >= 11 is 0. The van der Waals surface area contributed by atoms with E-state index in [-0.39, 0.29) is 18.0 Å². The van der Waals surface area contributed by atoms with E-state index >= 15 is 0 Å². The van der Waals surface area contributed by atoms with Gasteiger partial charge in [0.15, 0.2) is 0 Å². The molecule has 4 nitrogen and oxygen atoms in total. The van der Waals surface area contributed by atoms with Crippen molar-refractivity contribution in [3.63, 3.8) is 0 Å². The van der Waals surface area contributed by atoms with Gasteiger partial charge in [-0.25, -0.2) is 0 Å². The third kappa shape index (κ3) is 2.94. The molecule has 1 aromatic carbocycles. The van der Waals surface area contributed by atoms with Crippen molar-refractivity contribution < 1.29 is 18.8 Å². The zero-order valence-corrected chi connectivity index (χ0v) is 12.9. The number of rotatable bonds is 6. The molecule has 0 radical (unpaired) electrons. The summed E-state index contributed by atoms with van der Waals surface area (Å²) in [7, 11) is 1.44. The quantitative estimate of drug-likeness (QED) is 0.591. The van der Waals surface area contributed by atoms with Crippen LogP contribution in [0.25, 0.3) is 0 Å². The maximum absolute atomic E-state index is 5.88. The van der Waals surface area contributed by atoms with Gasteiger partial charge in [0.05, 0.1) is 12.2 Å². The molecule has 1 aromatic rings. The molecule has 1 saturated heterocycles. The molecule has 20 heavy (non-hydrogen) atoms. The van der Waals surface area contributed by atoms with Gasteiger partial charge >= 0.3 is 7.12 Å². The fraction of sp³-hybridized carbons (Fsp3) is 0.600. The van der Waals surface area contributed by atoms with Crippen molar-refractivity contribution in [2.75, 3.05) is 20.3 Å². The number of hydrogen-bond donors (Lipinski definition) is 0. The van der Waals surface area contributed by atoms with Crippen molar-refractivity contribution in [2.45, 2.75) is 38.6 Å². The number of hydrogen-bond acceptors (Lipinski definition) is 4. The SMILES string of the molecule is COCCOc1ccc(OB2OC(C)(C)C2(C)C)cc1. The summed E-state index contributed by atoms with van der Waals surface area (Å²) in [6.45, 7) is 9.60. The second-order valence-electron chi connectivity index (χ2n) is 6.11. The van der Waals surface area contributed by atoms with Gasteiger partial charge in [-0.2, -0.15) is 0 Å². The Bertz CT molecular complexity index is 442. The van der Waals surface area contributed by atoms with Gasteiger partial charge in [0.2, 0.25) is 0 Å². The fourth-order valence-corrected chi connectivity index (χ4v) is 1.94. The largest absolute Gasteiger partial charge is 0.536 e. The van der Waals surface area contributed by atoms with E-state index in [0.717, 1.165) is 11.5 Å². The Hall–Kier alpha value is -1.20. The second-order valence-corrected chi connectivity index (χ2v) is 6.11. The van der Waals surface area contributed by atoms with Crippen molar-refractivity contribution in [1.82, 2.24) is 0 Å². The summed E-state index contributed by atoms with van der Waals surface area (Å²) in [6, 6.07) is 7.57. The van der Waals surface area contributed by atoms with E-state index in [1.165, 1.54) is 0 Å². The maximum Gasteiger partial charge on any atom is 0.534 e. The normalized spacial score (nSPS) is 19.4. The molecule has 0 aromatic heterocycles. The van der Waals surface area contributed by atoms with E-state index < -0.39 is 0 Å². The van der Waals surface area contributed by atoms with Crippen LogP contribution in [0.1, 0.15) is 27.7 Å². The average Bonchev–Trinajstić information content (AvgIpc) is 2.40. The lowest BCUT2D eigenvalue weighted by Crippen LogP contribution is -2.64. The van der Waals surface area contributed by atoms with Crippen LogP contribution in [-0.4, -0.2) is 33.0 Å². The minimum absolute atomic E-state index is 0.0133. The van der Waals surface area contributed by atoms with Gasteiger partial charge < -0.3 is 18.8 Å². The molecule has 1 aliphatic rings. The molecule has 2 rings (SSSR count). The van der Waals surface area contributed by atoms with Crippen LogP contribution in [0.4, 0.5) is 0 Å². The van der Waals surface area contributed by atoms with Gasteiger partial charge in [-0.3, -0.25) is 0 Å². The first-order valence-electron chi connectivity index (χ1n) is 6.93. The van der Waals surface area contributed by atoms with Crippen molar-refractivity contribution in [3.05, 3.63) is 24.3 Å². The van der Waals surface area contributed by atoms with Crippen LogP contribution < -0.4 is 9.39 Å². The van der Waals surface area contributed by atoms with E-state index in [2.05, 4.69) is 27.7 Å². The lowest BCUT2D eigenvalue weighted by Gasteiger charge is -2.54. The van der Waals surface area contributed by atoms with Crippen LogP contribution in [0.15, 0.2) is 24.3 Å². The van der Waals surface area contributed by atoms with E-state index in [1.807, 2.05) is 24.3 Å². The number of methoxy groups -OCH3 is 1. The zero-order chi connectivity index (χ0) is 14.8.